The number of benzene rings is 6. The molecule has 264 valence electrons. The van der Waals surface area contributed by atoms with Crippen LogP contribution in [0.5, 0.6) is 11.5 Å². The summed E-state index contributed by atoms with van der Waals surface area (Å²) in [5.74, 6) is 0.489. The number of rotatable bonds is 6. The first-order valence-corrected chi connectivity index (χ1v) is 18.7. The Morgan fingerprint density at radius 2 is 0.885 bits per heavy atom. The van der Waals surface area contributed by atoms with E-state index in [1.807, 2.05) is 36.7 Å². The van der Waals surface area contributed by atoms with E-state index in [1.165, 1.54) is 0 Å². The van der Waals surface area contributed by atoms with Crippen LogP contribution in [0, 0.1) is 0 Å². The molecule has 0 heterocycles. The van der Waals surface area contributed by atoms with E-state index in [1.54, 1.807) is 0 Å². The molecule has 1 aliphatic rings. The Hall–Kier alpha value is -5.22. The van der Waals surface area contributed by atoms with E-state index in [0.29, 0.717) is 0 Å². The first-order chi connectivity index (χ1) is 24.9. The summed E-state index contributed by atoms with van der Waals surface area (Å²) in [6.07, 6.45) is 7.74. The highest BCUT2D eigenvalue weighted by Gasteiger charge is 2.26. The van der Waals surface area contributed by atoms with Gasteiger partial charge in [0.15, 0.2) is 0 Å². The number of fused-ring (bicyclic) bond motifs is 2. The van der Waals surface area contributed by atoms with E-state index >= 15 is 0 Å². The number of phenolic OH excluding ortho intramolecular Hbond substituents is 2. The second kappa shape index (κ2) is 14.1. The number of hydrogen-bond acceptors (Lipinski definition) is 4. The fourth-order valence-electron chi connectivity index (χ4n) is 7.50. The number of nitrogens with zero attached hydrogens (tertiary/aromatic N) is 2. The van der Waals surface area contributed by atoms with Crippen LogP contribution in [0.3, 0.4) is 0 Å². The van der Waals surface area contributed by atoms with Crippen LogP contribution in [-0.2, 0) is 10.8 Å². The maximum absolute atomic E-state index is 11.8. The molecule has 2 atom stereocenters. The lowest BCUT2D eigenvalue weighted by molar-refractivity contribution is 0.390. The van der Waals surface area contributed by atoms with Crippen LogP contribution in [0.15, 0.2) is 119 Å². The summed E-state index contributed by atoms with van der Waals surface area (Å²) in [5.41, 5.74) is 7.14. The molecule has 0 amide bonds. The van der Waals surface area contributed by atoms with Crippen molar-refractivity contribution in [3.8, 4) is 33.8 Å². The van der Waals surface area contributed by atoms with E-state index in [0.717, 1.165) is 91.7 Å². The first kappa shape index (κ1) is 35.2. The monoisotopic (exact) mass is 686 g/mol. The summed E-state index contributed by atoms with van der Waals surface area (Å²) in [6.45, 7) is 13.2. The second-order valence-corrected chi connectivity index (χ2v) is 16.5. The van der Waals surface area contributed by atoms with Gasteiger partial charge in [0.25, 0.3) is 0 Å². The van der Waals surface area contributed by atoms with Crippen LogP contribution < -0.4 is 0 Å². The minimum Gasteiger partial charge on any atom is -0.507 e. The van der Waals surface area contributed by atoms with Crippen LogP contribution in [0.2, 0.25) is 0 Å². The zero-order chi connectivity index (χ0) is 36.6. The first-order valence-electron chi connectivity index (χ1n) is 18.7. The van der Waals surface area contributed by atoms with E-state index in [-0.39, 0.29) is 34.4 Å². The Morgan fingerprint density at radius 3 is 1.29 bits per heavy atom. The van der Waals surface area contributed by atoms with Crippen molar-refractivity contribution in [3.05, 3.63) is 131 Å². The number of hydrogen-bond donors (Lipinski definition) is 2. The third kappa shape index (κ3) is 7.12. The molecule has 6 aromatic rings. The molecule has 0 aromatic heterocycles. The van der Waals surface area contributed by atoms with Crippen molar-refractivity contribution in [2.75, 3.05) is 0 Å². The average molecular weight is 687 g/mol. The van der Waals surface area contributed by atoms with Gasteiger partial charge >= 0.3 is 0 Å². The molecular formula is C48H50N2O2. The Morgan fingerprint density at radius 1 is 0.500 bits per heavy atom. The highest BCUT2D eigenvalue weighted by atomic mass is 16.3. The molecule has 0 spiro atoms. The summed E-state index contributed by atoms with van der Waals surface area (Å²) < 4.78 is 0. The van der Waals surface area contributed by atoms with Crippen molar-refractivity contribution in [1.29, 1.82) is 0 Å². The molecule has 6 aromatic carbocycles. The highest BCUT2D eigenvalue weighted by molar-refractivity contribution is 6.01. The molecule has 0 radical (unpaired) electrons. The van der Waals surface area contributed by atoms with E-state index in [4.69, 9.17) is 9.98 Å². The van der Waals surface area contributed by atoms with Gasteiger partial charge in [0.2, 0.25) is 0 Å². The van der Waals surface area contributed by atoms with Crippen molar-refractivity contribution in [1.82, 2.24) is 0 Å². The van der Waals surface area contributed by atoms with Gasteiger partial charge in [-0.25, -0.2) is 0 Å². The predicted molar refractivity (Wildman–Crippen MR) is 221 cm³/mol. The molecule has 4 nitrogen and oxygen atoms in total. The average Bonchev–Trinajstić information content (AvgIpc) is 3.13. The third-order valence-corrected chi connectivity index (χ3v) is 10.7. The number of phenols is 2. The number of aliphatic imine (C=N–C) groups is 2. The summed E-state index contributed by atoms with van der Waals surface area (Å²) in [7, 11) is 0. The van der Waals surface area contributed by atoms with Gasteiger partial charge in [-0.1, -0.05) is 139 Å². The van der Waals surface area contributed by atoms with Crippen LogP contribution in [-0.4, -0.2) is 34.7 Å². The van der Waals surface area contributed by atoms with Crippen molar-refractivity contribution < 1.29 is 10.2 Å². The third-order valence-electron chi connectivity index (χ3n) is 10.7. The standard InChI is InChI=1S/C48H50N2O2/c1-47(2,3)35-25-33(45(51)41(27-35)39-21-13-17-31-15-7-9-19-37(31)39)29-49-43-23-11-12-24-44(43)50-30-34-26-36(48(4,5)6)28-42(46(34)52)40-22-14-18-32-16-8-10-20-38(32)40/h7-10,13-22,25-30,43-44,51-52H,11-12,23-24H2,1-6H3/t43-,44-/m1/s1. The summed E-state index contributed by atoms with van der Waals surface area (Å²) in [5, 5.41) is 28.1. The zero-order valence-corrected chi connectivity index (χ0v) is 31.3. The molecule has 4 heteroatoms. The van der Waals surface area contributed by atoms with Gasteiger partial charge in [-0.2, -0.15) is 0 Å². The maximum atomic E-state index is 11.8. The van der Waals surface area contributed by atoms with Crippen molar-refractivity contribution >= 4 is 34.0 Å². The lowest BCUT2D eigenvalue weighted by Gasteiger charge is -2.26. The fourth-order valence-corrected chi connectivity index (χ4v) is 7.50. The Balaban J connectivity index is 1.25. The quantitative estimate of drug-likeness (QED) is 0.171. The maximum Gasteiger partial charge on any atom is 0.132 e. The Kier molecular flexibility index (Phi) is 9.52. The number of aromatic hydroxyl groups is 2. The molecule has 0 saturated heterocycles. The zero-order valence-electron chi connectivity index (χ0n) is 31.3. The molecule has 0 aliphatic heterocycles. The molecular weight excluding hydrogens is 637 g/mol. The van der Waals surface area contributed by atoms with Crippen molar-refractivity contribution in [3.63, 3.8) is 0 Å². The lowest BCUT2D eigenvalue weighted by Crippen LogP contribution is -2.27. The second-order valence-electron chi connectivity index (χ2n) is 16.5. The molecule has 1 aliphatic carbocycles. The van der Waals surface area contributed by atoms with Gasteiger partial charge in [0, 0.05) is 34.7 Å². The van der Waals surface area contributed by atoms with Crippen LogP contribution in [0.4, 0.5) is 0 Å². The smallest absolute Gasteiger partial charge is 0.132 e. The van der Waals surface area contributed by atoms with Crippen LogP contribution >= 0.6 is 0 Å². The molecule has 1 fully saturated rings. The van der Waals surface area contributed by atoms with E-state index in [9.17, 15) is 10.2 Å². The summed E-state index contributed by atoms with van der Waals surface area (Å²) in [4.78, 5) is 10.3. The van der Waals surface area contributed by atoms with E-state index in [2.05, 4.69) is 126 Å². The van der Waals surface area contributed by atoms with Crippen LogP contribution in [0.1, 0.15) is 89.5 Å². The van der Waals surface area contributed by atoms with E-state index < -0.39 is 0 Å². The molecule has 52 heavy (non-hydrogen) atoms. The van der Waals surface area contributed by atoms with Crippen LogP contribution in [0.25, 0.3) is 43.8 Å². The Labute approximate surface area is 308 Å². The summed E-state index contributed by atoms with van der Waals surface area (Å²) in [6, 6.07) is 37.5. The lowest BCUT2D eigenvalue weighted by atomic mass is 9.83. The SMILES string of the molecule is CC(C)(C)c1cc(C=N[C@@H]2CCCC[C@H]2N=Cc2cc(C(C)(C)C)cc(-c3cccc4ccccc34)c2O)c(O)c(-c2cccc3ccccc23)c1. The Bertz CT molecular complexity index is 2140. The van der Waals surface area contributed by atoms with Gasteiger partial charge in [0.1, 0.15) is 11.5 Å². The van der Waals surface area contributed by atoms with Crippen molar-refractivity contribution in [2.24, 2.45) is 9.98 Å². The summed E-state index contributed by atoms with van der Waals surface area (Å²) >= 11 is 0. The van der Waals surface area contributed by atoms with Gasteiger partial charge in [-0.3, -0.25) is 9.98 Å². The minimum atomic E-state index is -0.123. The van der Waals surface area contributed by atoms with Gasteiger partial charge in [0.05, 0.1) is 12.1 Å². The molecule has 0 bridgehead atoms. The highest BCUT2D eigenvalue weighted by Crippen LogP contribution is 2.41. The van der Waals surface area contributed by atoms with Gasteiger partial charge < -0.3 is 10.2 Å². The minimum absolute atomic E-state index is 0.0332. The van der Waals surface area contributed by atoms with Gasteiger partial charge in [-0.05, 0) is 91.7 Å². The molecule has 7 rings (SSSR count). The van der Waals surface area contributed by atoms with Crippen molar-refractivity contribution in [2.45, 2.75) is 90.1 Å². The molecule has 0 unspecified atom stereocenters. The molecule has 2 N–H and O–H groups in total. The topological polar surface area (TPSA) is 65.2 Å². The fraction of sp³-hybridized carbons (Fsp3) is 0.292. The largest absolute Gasteiger partial charge is 0.507 e. The van der Waals surface area contributed by atoms with Gasteiger partial charge in [-0.15, -0.1) is 0 Å². The normalized spacial score (nSPS) is 17.1. The molecule has 1 saturated carbocycles. The predicted octanol–water partition coefficient (Wildman–Crippen LogP) is 12.2.